The van der Waals surface area contributed by atoms with Gasteiger partial charge in [-0.1, -0.05) is 11.6 Å². The van der Waals surface area contributed by atoms with E-state index in [0.29, 0.717) is 42.6 Å². The zero-order valence-corrected chi connectivity index (χ0v) is 16.9. The fraction of sp³-hybridized carbons (Fsp3) is 0.474. The molecule has 0 aliphatic carbocycles. The van der Waals surface area contributed by atoms with Gasteiger partial charge in [-0.25, -0.2) is 15.0 Å². The number of halogens is 4. The number of carbonyl (C=O) groups excluding carboxylic acids is 1. The first kappa shape index (κ1) is 20.6. The molecule has 7 nitrogen and oxygen atoms in total. The van der Waals surface area contributed by atoms with Crippen molar-refractivity contribution in [2.45, 2.75) is 37.4 Å². The molecule has 0 bridgehead atoms. The smallest absolute Gasteiger partial charge is 0.369 e. The highest BCUT2D eigenvalue weighted by Crippen LogP contribution is 2.37. The number of alkyl halides is 3. The van der Waals surface area contributed by atoms with E-state index in [0.717, 1.165) is 11.4 Å². The van der Waals surface area contributed by atoms with Crippen LogP contribution in [-0.4, -0.2) is 52.2 Å². The van der Waals surface area contributed by atoms with Gasteiger partial charge in [0.1, 0.15) is 29.5 Å². The summed E-state index contributed by atoms with van der Waals surface area (Å²) in [5.41, 5.74) is -0.236. The Bertz CT molecular complexity index is 972. The lowest BCUT2D eigenvalue weighted by Gasteiger charge is -2.35. The number of carbonyl (C=O) groups is 1. The molecule has 2 aliphatic heterocycles. The minimum atomic E-state index is -4.46. The predicted molar refractivity (Wildman–Crippen MR) is 106 cm³/mol. The van der Waals surface area contributed by atoms with Crippen LogP contribution in [0.1, 0.15) is 37.1 Å². The minimum Gasteiger partial charge on any atom is -0.369 e. The van der Waals surface area contributed by atoms with Crippen LogP contribution in [0.5, 0.6) is 0 Å². The van der Waals surface area contributed by atoms with Crippen LogP contribution in [0.25, 0.3) is 0 Å². The van der Waals surface area contributed by atoms with E-state index in [4.69, 9.17) is 11.6 Å². The molecule has 2 atom stereocenters. The summed E-state index contributed by atoms with van der Waals surface area (Å²) in [5, 5.41) is 5.71. The van der Waals surface area contributed by atoms with Crippen molar-refractivity contribution in [1.82, 2.24) is 20.3 Å². The van der Waals surface area contributed by atoms with Crippen LogP contribution in [0.3, 0.4) is 0 Å². The van der Waals surface area contributed by atoms with Gasteiger partial charge in [-0.2, -0.15) is 13.2 Å². The lowest BCUT2D eigenvalue weighted by molar-refractivity contribution is -0.141. The largest absolute Gasteiger partial charge is 0.405 e. The average Bonchev–Trinajstić information content (AvgIpc) is 3.29. The molecule has 1 saturated heterocycles. The van der Waals surface area contributed by atoms with Gasteiger partial charge in [0.2, 0.25) is 5.91 Å². The first-order valence-corrected chi connectivity index (χ1v) is 9.90. The van der Waals surface area contributed by atoms with Gasteiger partial charge in [-0.15, -0.1) is 0 Å². The minimum absolute atomic E-state index is 0.168. The Hall–Kier alpha value is -2.62. The number of nitrogens with zero attached hydrogens (tertiary/aromatic N) is 4. The van der Waals surface area contributed by atoms with Gasteiger partial charge in [0.15, 0.2) is 0 Å². The Morgan fingerprint density at radius 1 is 1.43 bits per heavy atom. The molecule has 160 valence electrons. The molecular formula is C19H20ClF3N6O. The average molecular weight is 441 g/mol. The standard InChI is InChI=1S/C19H20ClF3N6O/c1-18(17(30)27-10-19(21,22)23)4-2-6-29(18)14-3-5-24-16(28-14)13-9-26-15-12(13)7-11(20)8-25-15/h3,5,7-8,13H,2,4,6,9-10H2,1H3,(H,25,26)(H,27,30)/t13?,18-/m0/s1. The Kier molecular flexibility index (Phi) is 5.21. The van der Waals surface area contributed by atoms with Crippen molar-refractivity contribution in [1.29, 1.82) is 0 Å². The summed E-state index contributed by atoms with van der Waals surface area (Å²) in [6.45, 7) is 1.35. The summed E-state index contributed by atoms with van der Waals surface area (Å²) >= 11 is 6.08. The van der Waals surface area contributed by atoms with Crippen LogP contribution >= 0.6 is 11.6 Å². The summed E-state index contributed by atoms with van der Waals surface area (Å²) in [5.74, 6) is 0.926. The summed E-state index contributed by atoms with van der Waals surface area (Å²) in [4.78, 5) is 27.7. The Morgan fingerprint density at radius 2 is 2.23 bits per heavy atom. The van der Waals surface area contributed by atoms with Gasteiger partial charge >= 0.3 is 6.18 Å². The maximum Gasteiger partial charge on any atom is 0.405 e. The lowest BCUT2D eigenvalue weighted by atomic mass is 9.97. The molecule has 2 aromatic heterocycles. The molecule has 4 heterocycles. The van der Waals surface area contributed by atoms with Crippen LogP contribution in [0.15, 0.2) is 24.5 Å². The van der Waals surface area contributed by atoms with Crippen molar-refractivity contribution >= 4 is 29.1 Å². The second-order valence-electron chi connectivity index (χ2n) is 7.62. The van der Waals surface area contributed by atoms with Crippen LogP contribution in [-0.2, 0) is 4.79 Å². The fourth-order valence-electron chi connectivity index (χ4n) is 4.03. The first-order chi connectivity index (χ1) is 14.2. The monoisotopic (exact) mass is 440 g/mol. The maximum atomic E-state index is 12.6. The quantitative estimate of drug-likeness (QED) is 0.760. The van der Waals surface area contributed by atoms with E-state index in [1.165, 1.54) is 0 Å². The van der Waals surface area contributed by atoms with E-state index < -0.39 is 24.2 Å². The number of anilines is 2. The molecule has 2 aromatic rings. The third-order valence-electron chi connectivity index (χ3n) is 5.56. The summed E-state index contributed by atoms with van der Waals surface area (Å²) in [7, 11) is 0. The summed E-state index contributed by atoms with van der Waals surface area (Å²) < 4.78 is 37.7. The number of hydrogen-bond donors (Lipinski definition) is 2. The van der Waals surface area contributed by atoms with E-state index in [9.17, 15) is 18.0 Å². The fourth-order valence-corrected chi connectivity index (χ4v) is 4.19. The molecule has 1 fully saturated rings. The number of hydrogen-bond acceptors (Lipinski definition) is 6. The highest BCUT2D eigenvalue weighted by atomic mass is 35.5. The highest BCUT2D eigenvalue weighted by Gasteiger charge is 2.45. The Morgan fingerprint density at radius 3 is 3.00 bits per heavy atom. The summed E-state index contributed by atoms with van der Waals surface area (Å²) in [6, 6.07) is 3.48. The maximum absolute atomic E-state index is 12.6. The van der Waals surface area contributed by atoms with E-state index >= 15 is 0 Å². The SMILES string of the molecule is C[C@@]1(C(=O)NCC(F)(F)F)CCCN1c1ccnc(C2CNc3ncc(Cl)cc32)n1. The van der Waals surface area contributed by atoms with Crippen molar-refractivity contribution in [3.8, 4) is 0 Å². The molecule has 2 N–H and O–H groups in total. The number of fused-ring (bicyclic) bond motifs is 1. The van der Waals surface area contributed by atoms with Crippen molar-refractivity contribution in [2.75, 3.05) is 29.9 Å². The Labute approximate surface area is 176 Å². The molecular weight excluding hydrogens is 421 g/mol. The molecule has 0 aromatic carbocycles. The second-order valence-corrected chi connectivity index (χ2v) is 8.06. The predicted octanol–water partition coefficient (Wildman–Crippen LogP) is 3.12. The number of nitrogens with one attached hydrogen (secondary N) is 2. The number of pyridine rings is 1. The molecule has 2 aliphatic rings. The van der Waals surface area contributed by atoms with Crippen molar-refractivity contribution < 1.29 is 18.0 Å². The highest BCUT2D eigenvalue weighted by molar-refractivity contribution is 6.30. The van der Waals surface area contributed by atoms with Crippen molar-refractivity contribution in [2.24, 2.45) is 0 Å². The van der Waals surface area contributed by atoms with E-state index in [1.54, 1.807) is 30.3 Å². The lowest BCUT2D eigenvalue weighted by Crippen LogP contribution is -2.55. The van der Waals surface area contributed by atoms with Gasteiger partial charge in [0, 0.05) is 31.0 Å². The van der Waals surface area contributed by atoms with Crippen LogP contribution in [0, 0.1) is 0 Å². The zero-order chi connectivity index (χ0) is 21.5. The topological polar surface area (TPSA) is 83.0 Å². The van der Waals surface area contributed by atoms with Gasteiger partial charge in [-0.05, 0) is 31.9 Å². The third-order valence-corrected chi connectivity index (χ3v) is 5.77. The molecule has 0 saturated carbocycles. The second kappa shape index (κ2) is 7.57. The van der Waals surface area contributed by atoms with E-state index in [2.05, 4.69) is 20.3 Å². The third kappa shape index (κ3) is 3.88. The number of amides is 1. The van der Waals surface area contributed by atoms with Crippen LogP contribution < -0.4 is 15.5 Å². The van der Waals surface area contributed by atoms with Crippen molar-refractivity contribution in [3.63, 3.8) is 0 Å². The molecule has 11 heteroatoms. The molecule has 0 spiro atoms. The zero-order valence-electron chi connectivity index (χ0n) is 16.1. The number of aromatic nitrogens is 3. The Balaban J connectivity index is 1.60. The molecule has 0 radical (unpaired) electrons. The molecule has 4 rings (SSSR count). The van der Waals surface area contributed by atoms with E-state index in [1.807, 2.05) is 11.4 Å². The molecule has 30 heavy (non-hydrogen) atoms. The summed E-state index contributed by atoms with van der Waals surface area (Å²) in [6.07, 6.45) is -0.204. The molecule has 1 amide bonds. The first-order valence-electron chi connectivity index (χ1n) is 9.52. The van der Waals surface area contributed by atoms with Gasteiger partial charge in [0.05, 0.1) is 10.9 Å². The number of rotatable bonds is 4. The normalized spacial score (nSPS) is 23.2. The van der Waals surface area contributed by atoms with E-state index in [-0.39, 0.29) is 5.92 Å². The van der Waals surface area contributed by atoms with Gasteiger partial charge in [0.25, 0.3) is 0 Å². The van der Waals surface area contributed by atoms with Gasteiger partial charge < -0.3 is 15.5 Å². The van der Waals surface area contributed by atoms with Gasteiger partial charge in [-0.3, -0.25) is 4.79 Å². The van der Waals surface area contributed by atoms with Crippen LogP contribution in [0.4, 0.5) is 24.8 Å². The van der Waals surface area contributed by atoms with Crippen molar-refractivity contribution in [3.05, 3.63) is 40.9 Å². The van der Waals surface area contributed by atoms with Crippen LogP contribution in [0.2, 0.25) is 5.02 Å². The molecule has 1 unspecified atom stereocenters.